The molecule has 1 N–H and O–H groups in total. The van der Waals surface area contributed by atoms with Crippen molar-refractivity contribution in [2.75, 3.05) is 11.9 Å². The first-order valence-corrected chi connectivity index (χ1v) is 8.03. The standard InChI is InChI=1S/C14H16ClIN4/c1-3-7-17-14-12(16)10(4-2)19-13(20-14)11-6-5-9(15)8-18-11/h5-6,8H,3-4,7H2,1-2H3,(H,17,19,20). The summed E-state index contributed by atoms with van der Waals surface area (Å²) in [5, 5.41) is 3.96. The van der Waals surface area contributed by atoms with Crippen molar-refractivity contribution < 1.29 is 0 Å². The molecule has 0 aromatic carbocycles. The molecule has 0 bridgehead atoms. The summed E-state index contributed by atoms with van der Waals surface area (Å²) in [7, 11) is 0. The number of anilines is 1. The van der Waals surface area contributed by atoms with Crippen LogP contribution in [0.2, 0.25) is 5.02 Å². The number of nitrogens with zero attached hydrogens (tertiary/aromatic N) is 3. The van der Waals surface area contributed by atoms with Crippen LogP contribution in [0.5, 0.6) is 0 Å². The van der Waals surface area contributed by atoms with Crippen LogP contribution < -0.4 is 5.32 Å². The van der Waals surface area contributed by atoms with Gasteiger partial charge in [0, 0.05) is 12.7 Å². The molecular formula is C14H16ClIN4. The highest BCUT2D eigenvalue weighted by Crippen LogP contribution is 2.24. The molecule has 0 saturated heterocycles. The second-order valence-electron chi connectivity index (χ2n) is 4.30. The van der Waals surface area contributed by atoms with Gasteiger partial charge in [-0.2, -0.15) is 0 Å². The van der Waals surface area contributed by atoms with Gasteiger partial charge in [-0.05, 0) is 47.6 Å². The lowest BCUT2D eigenvalue weighted by Crippen LogP contribution is -2.09. The first-order chi connectivity index (χ1) is 9.65. The van der Waals surface area contributed by atoms with E-state index in [-0.39, 0.29) is 0 Å². The molecule has 0 radical (unpaired) electrons. The van der Waals surface area contributed by atoms with E-state index in [1.807, 2.05) is 6.07 Å². The molecule has 20 heavy (non-hydrogen) atoms. The maximum atomic E-state index is 5.87. The third kappa shape index (κ3) is 3.58. The molecule has 0 fully saturated rings. The van der Waals surface area contributed by atoms with Gasteiger partial charge in [0.1, 0.15) is 11.5 Å². The number of pyridine rings is 1. The summed E-state index contributed by atoms with van der Waals surface area (Å²) >= 11 is 8.16. The van der Waals surface area contributed by atoms with Crippen LogP contribution >= 0.6 is 34.2 Å². The Morgan fingerprint density at radius 1 is 1.25 bits per heavy atom. The van der Waals surface area contributed by atoms with E-state index in [1.54, 1.807) is 12.3 Å². The van der Waals surface area contributed by atoms with E-state index >= 15 is 0 Å². The Labute approximate surface area is 137 Å². The minimum atomic E-state index is 0.610. The van der Waals surface area contributed by atoms with Gasteiger partial charge in [0.15, 0.2) is 5.82 Å². The Balaban J connectivity index is 2.44. The second kappa shape index (κ2) is 7.17. The molecular weight excluding hydrogens is 387 g/mol. The van der Waals surface area contributed by atoms with Crippen LogP contribution in [0.1, 0.15) is 26.0 Å². The Morgan fingerprint density at radius 3 is 2.65 bits per heavy atom. The van der Waals surface area contributed by atoms with E-state index < -0.39 is 0 Å². The van der Waals surface area contributed by atoms with Gasteiger partial charge >= 0.3 is 0 Å². The Hall–Kier alpha value is -0.950. The topological polar surface area (TPSA) is 50.7 Å². The van der Waals surface area contributed by atoms with Gasteiger partial charge < -0.3 is 5.32 Å². The number of aromatic nitrogens is 3. The van der Waals surface area contributed by atoms with Gasteiger partial charge in [-0.3, -0.25) is 4.98 Å². The fraction of sp³-hybridized carbons (Fsp3) is 0.357. The van der Waals surface area contributed by atoms with Crippen molar-refractivity contribution >= 4 is 40.0 Å². The highest BCUT2D eigenvalue weighted by molar-refractivity contribution is 14.1. The summed E-state index contributed by atoms with van der Waals surface area (Å²) in [4.78, 5) is 13.5. The zero-order valence-corrected chi connectivity index (χ0v) is 14.4. The minimum absolute atomic E-state index is 0.610. The van der Waals surface area contributed by atoms with Gasteiger partial charge in [-0.15, -0.1) is 0 Å². The number of hydrogen-bond acceptors (Lipinski definition) is 4. The van der Waals surface area contributed by atoms with E-state index in [0.29, 0.717) is 10.8 Å². The molecule has 106 valence electrons. The normalized spacial score (nSPS) is 10.6. The van der Waals surface area contributed by atoms with Gasteiger partial charge in [0.25, 0.3) is 0 Å². The van der Waals surface area contributed by atoms with E-state index in [0.717, 1.165) is 40.2 Å². The van der Waals surface area contributed by atoms with Crippen molar-refractivity contribution in [2.45, 2.75) is 26.7 Å². The van der Waals surface area contributed by atoms with Gasteiger partial charge in [-0.1, -0.05) is 25.4 Å². The number of rotatable bonds is 5. The second-order valence-corrected chi connectivity index (χ2v) is 5.81. The number of halogens is 2. The molecule has 0 aliphatic rings. The highest BCUT2D eigenvalue weighted by Gasteiger charge is 2.12. The van der Waals surface area contributed by atoms with Crippen LogP contribution in [0.3, 0.4) is 0 Å². The molecule has 0 atom stereocenters. The van der Waals surface area contributed by atoms with Gasteiger partial charge in [0.2, 0.25) is 0 Å². The average molecular weight is 403 g/mol. The minimum Gasteiger partial charge on any atom is -0.369 e. The molecule has 0 amide bonds. The fourth-order valence-corrected chi connectivity index (χ4v) is 2.64. The molecule has 6 heteroatoms. The first-order valence-electron chi connectivity index (χ1n) is 6.57. The van der Waals surface area contributed by atoms with Crippen molar-refractivity contribution in [3.05, 3.63) is 32.6 Å². The van der Waals surface area contributed by atoms with Crippen LogP contribution in [0.15, 0.2) is 18.3 Å². The molecule has 0 saturated carbocycles. The van der Waals surface area contributed by atoms with E-state index in [2.05, 4.69) is 56.7 Å². The average Bonchev–Trinajstić information content (AvgIpc) is 2.47. The maximum Gasteiger partial charge on any atom is 0.180 e. The number of hydrogen-bond donors (Lipinski definition) is 1. The zero-order valence-electron chi connectivity index (χ0n) is 11.5. The van der Waals surface area contributed by atoms with Crippen molar-refractivity contribution in [3.8, 4) is 11.5 Å². The molecule has 0 aliphatic carbocycles. The van der Waals surface area contributed by atoms with Crippen LogP contribution in [-0.2, 0) is 6.42 Å². The molecule has 2 rings (SSSR count). The largest absolute Gasteiger partial charge is 0.369 e. The Bertz CT molecular complexity index is 586. The van der Waals surface area contributed by atoms with Crippen LogP contribution in [0.25, 0.3) is 11.5 Å². The Kier molecular flexibility index (Phi) is 5.54. The quantitative estimate of drug-likeness (QED) is 0.762. The van der Waals surface area contributed by atoms with Crippen molar-refractivity contribution in [1.82, 2.24) is 15.0 Å². The predicted octanol–water partition coefficient (Wildman–Crippen LogP) is 4.18. The fourth-order valence-electron chi connectivity index (χ4n) is 1.71. The van der Waals surface area contributed by atoms with Gasteiger partial charge in [0.05, 0.1) is 14.3 Å². The molecule has 2 aromatic rings. The maximum absolute atomic E-state index is 5.87. The third-order valence-corrected chi connectivity index (χ3v) is 4.11. The molecule has 0 unspecified atom stereocenters. The number of nitrogens with one attached hydrogen (secondary N) is 1. The smallest absolute Gasteiger partial charge is 0.180 e. The SMILES string of the molecule is CCCNc1nc(-c2ccc(Cl)cn2)nc(CC)c1I. The monoisotopic (exact) mass is 402 g/mol. The van der Waals surface area contributed by atoms with Crippen LogP contribution in [0.4, 0.5) is 5.82 Å². The van der Waals surface area contributed by atoms with Crippen molar-refractivity contribution in [1.29, 1.82) is 0 Å². The lowest BCUT2D eigenvalue weighted by Gasteiger charge is -2.11. The first kappa shape index (κ1) is 15.4. The van der Waals surface area contributed by atoms with Gasteiger partial charge in [-0.25, -0.2) is 9.97 Å². The summed E-state index contributed by atoms with van der Waals surface area (Å²) in [6.07, 6.45) is 3.53. The predicted molar refractivity (Wildman–Crippen MR) is 91.1 cm³/mol. The summed E-state index contributed by atoms with van der Waals surface area (Å²) < 4.78 is 1.08. The summed E-state index contributed by atoms with van der Waals surface area (Å²) in [5.74, 6) is 1.52. The van der Waals surface area contributed by atoms with E-state index in [9.17, 15) is 0 Å². The van der Waals surface area contributed by atoms with Crippen LogP contribution in [-0.4, -0.2) is 21.5 Å². The summed E-state index contributed by atoms with van der Waals surface area (Å²) in [5.41, 5.74) is 1.77. The lowest BCUT2D eigenvalue weighted by atomic mass is 10.2. The Morgan fingerprint density at radius 2 is 2.05 bits per heavy atom. The third-order valence-electron chi connectivity index (χ3n) is 2.75. The lowest BCUT2D eigenvalue weighted by molar-refractivity contribution is 0.940. The number of aryl methyl sites for hydroxylation is 1. The summed E-state index contributed by atoms with van der Waals surface area (Å²) in [6.45, 7) is 5.11. The van der Waals surface area contributed by atoms with Crippen LogP contribution in [0, 0.1) is 3.57 Å². The zero-order chi connectivity index (χ0) is 14.5. The molecule has 0 spiro atoms. The highest BCUT2D eigenvalue weighted by atomic mass is 127. The van der Waals surface area contributed by atoms with Crippen molar-refractivity contribution in [3.63, 3.8) is 0 Å². The molecule has 4 nitrogen and oxygen atoms in total. The molecule has 0 aliphatic heterocycles. The van der Waals surface area contributed by atoms with E-state index in [1.165, 1.54) is 0 Å². The molecule has 2 heterocycles. The summed E-state index contributed by atoms with van der Waals surface area (Å²) in [6, 6.07) is 3.64. The van der Waals surface area contributed by atoms with E-state index in [4.69, 9.17) is 11.6 Å². The molecule has 2 aromatic heterocycles. The van der Waals surface area contributed by atoms with Crippen molar-refractivity contribution in [2.24, 2.45) is 0 Å².